The molecule has 0 unspecified atom stereocenters. The van der Waals surface area contributed by atoms with Crippen LogP contribution in [-0.2, 0) is 0 Å². The molecule has 0 bridgehead atoms. The first-order chi connectivity index (χ1) is 8.58. The molecular formula is C14H12BrN3. The van der Waals surface area contributed by atoms with E-state index in [1.54, 1.807) is 6.07 Å². The van der Waals surface area contributed by atoms with Crippen LogP contribution in [0.1, 0.15) is 11.1 Å². The second-order valence-corrected chi connectivity index (χ2v) is 4.97. The number of hydrogen-bond donors (Lipinski definition) is 2. The SMILES string of the molecule is Cc1cc(N)cc(Nc2ccc(Br)cc2C#N)c1. The Labute approximate surface area is 114 Å². The Balaban J connectivity index is 2.37. The fourth-order valence-electron chi connectivity index (χ4n) is 1.76. The molecule has 4 heteroatoms. The van der Waals surface area contributed by atoms with E-state index < -0.39 is 0 Å². The summed E-state index contributed by atoms with van der Waals surface area (Å²) in [5.74, 6) is 0. The number of benzene rings is 2. The summed E-state index contributed by atoms with van der Waals surface area (Å²) in [6.45, 7) is 1.98. The van der Waals surface area contributed by atoms with E-state index in [1.807, 2.05) is 37.3 Å². The van der Waals surface area contributed by atoms with E-state index >= 15 is 0 Å². The molecule has 0 atom stereocenters. The normalized spacial score (nSPS) is 9.83. The molecule has 3 N–H and O–H groups in total. The Hall–Kier alpha value is -1.99. The first-order valence-electron chi connectivity index (χ1n) is 5.42. The molecule has 0 aliphatic heterocycles. The van der Waals surface area contributed by atoms with Gasteiger partial charge in [0.15, 0.2) is 0 Å². The van der Waals surface area contributed by atoms with Crippen LogP contribution < -0.4 is 11.1 Å². The topological polar surface area (TPSA) is 61.8 Å². The standard InChI is InChI=1S/C14H12BrN3/c1-9-4-12(17)7-13(5-9)18-14-3-2-11(15)6-10(14)8-16/h2-7,18H,17H2,1H3. The van der Waals surface area contributed by atoms with Crippen molar-refractivity contribution in [2.75, 3.05) is 11.1 Å². The highest BCUT2D eigenvalue weighted by Gasteiger charge is 2.04. The second-order valence-electron chi connectivity index (χ2n) is 4.06. The highest BCUT2D eigenvalue weighted by Crippen LogP contribution is 2.25. The number of nitrogen functional groups attached to an aromatic ring is 1. The van der Waals surface area contributed by atoms with Crippen molar-refractivity contribution in [3.05, 3.63) is 52.0 Å². The van der Waals surface area contributed by atoms with Crippen LogP contribution in [-0.4, -0.2) is 0 Å². The summed E-state index contributed by atoms with van der Waals surface area (Å²) in [6.07, 6.45) is 0. The van der Waals surface area contributed by atoms with E-state index in [-0.39, 0.29) is 0 Å². The third-order valence-corrected chi connectivity index (χ3v) is 2.97. The van der Waals surface area contributed by atoms with Crippen LogP contribution in [0.5, 0.6) is 0 Å². The summed E-state index contributed by atoms with van der Waals surface area (Å²) in [6, 6.07) is 13.4. The van der Waals surface area contributed by atoms with Gasteiger partial charge in [-0.15, -0.1) is 0 Å². The van der Waals surface area contributed by atoms with Gasteiger partial charge in [0.1, 0.15) is 6.07 Å². The zero-order chi connectivity index (χ0) is 13.1. The average molecular weight is 302 g/mol. The third-order valence-electron chi connectivity index (χ3n) is 2.48. The maximum absolute atomic E-state index is 9.09. The van der Waals surface area contributed by atoms with Crippen LogP contribution in [0.4, 0.5) is 17.1 Å². The smallest absolute Gasteiger partial charge is 0.101 e. The van der Waals surface area contributed by atoms with Gasteiger partial charge >= 0.3 is 0 Å². The molecule has 2 aromatic carbocycles. The minimum atomic E-state index is 0.587. The second kappa shape index (κ2) is 5.11. The molecule has 0 radical (unpaired) electrons. The number of hydrogen-bond acceptors (Lipinski definition) is 3. The van der Waals surface area contributed by atoms with Gasteiger partial charge in [0.25, 0.3) is 0 Å². The molecule has 90 valence electrons. The van der Waals surface area contributed by atoms with Crippen molar-refractivity contribution >= 4 is 33.0 Å². The largest absolute Gasteiger partial charge is 0.399 e. The number of anilines is 3. The zero-order valence-electron chi connectivity index (χ0n) is 9.87. The Morgan fingerprint density at radius 1 is 1.22 bits per heavy atom. The van der Waals surface area contributed by atoms with Crippen LogP contribution in [0.25, 0.3) is 0 Å². The van der Waals surface area contributed by atoms with E-state index in [1.165, 1.54) is 0 Å². The third kappa shape index (κ3) is 2.82. The number of nitrogens with zero attached hydrogens (tertiary/aromatic N) is 1. The molecule has 0 spiro atoms. The number of halogens is 1. The fraction of sp³-hybridized carbons (Fsp3) is 0.0714. The molecule has 0 aromatic heterocycles. The molecule has 0 aliphatic rings. The number of nitriles is 1. The van der Waals surface area contributed by atoms with Crippen LogP contribution in [0.2, 0.25) is 0 Å². The first-order valence-corrected chi connectivity index (χ1v) is 6.21. The van der Waals surface area contributed by atoms with Gasteiger partial charge in [0, 0.05) is 15.8 Å². The van der Waals surface area contributed by atoms with Gasteiger partial charge in [-0.3, -0.25) is 0 Å². The fourth-order valence-corrected chi connectivity index (χ4v) is 2.12. The Morgan fingerprint density at radius 3 is 2.67 bits per heavy atom. The van der Waals surface area contributed by atoms with Gasteiger partial charge in [-0.05, 0) is 48.9 Å². The lowest BCUT2D eigenvalue weighted by molar-refractivity contribution is 1.43. The molecule has 0 fully saturated rings. The van der Waals surface area contributed by atoms with Crippen molar-refractivity contribution in [2.45, 2.75) is 6.92 Å². The summed E-state index contributed by atoms with van der Waals surface area (Å²) in [5.41, 5.74) is 9.81. The number of nitrogens with two attached hydrogens (primary N) is 1. The van der Waals surface area contributed by atoms with Gasteiger partial charge in [0.05, 0.1) is 11.3 Å². The van der Waals surface area contributed by atoms with E-state index in [2.05, 4.69) is 27.3 Å². The molecule has 0 saturated heterocycles. The minimum Gasteiger partial charge on any atom is -0.399 e. The molecule has 18 heavy (non-hydrogen) atoms. The lowest BCUT2D eigenvalue weighted by Gasteiger charge is -2.10. The van der Waals surface area contributed by atoms with Gasteiger partial charge in [-0.2, -0.15) is 5.26 Å². The maximum atomic E-state index is 9.09. The lowest BCUT2D eigenvalue weighted by atomic mass is 10.1. The molecule has 2 aromatic rings. The van der Waals surface area contributed by atoms with E-state index in [4.69, 9.17) is 11.0 Å². The van der Waals surface area contributed by atoms with Gasteiger partial charge < -0.3 is 11.1 Å². The summed E-state index contributed by atoms with van der Waals surface area (Å²) in [5, 5.41) is 12.3. The zero-order valence-corrected chi connectivity index (χ0v) is 11.5. The van der Waals surface area contributed by atoms with E-state index in [9.17, 15) is 0 Å². The lowest BCUT2D eigenvalue weighted by Crippen LogP contribution is -1.96. The summed E-state index contributed by atoms with van der Waals surface area (Å²) in [7, 11) is 0. The van der Waals surface area contributed by atoms with Crippen molar-refractivity contribution in [2.24, 2.45) is 0 Å². The summed E-state index contributed by atoms with van der Waals surface area (Å²) >= 11 is 3.35. The monoisotopic (exact) mass is 301 g/mol. The highest BCUT2D eigenvalue weighted by atomic mass is 79.9. The van der Waals surface area contributed by atoms with Gasteiger partial charge in [0.2, 0.25) is 0 Å². The molecule has 0 saturated carbocycles. The van der Waals surface area contributed by atoms with Crippen molar-refractivity contribution in [1.82, 2.24) is 0 Å². The number of aryl methyl sites for hydroxylation is 1. The summed E-state index contributed by atoms with van der Waals surface area (Å²) < 4.78 is 0.883. The molecule has 3 nitrogen and oxygen atoms in total. The number of rotatable bonds is 2. The first kappa shape index (κ1) is 12.5. The Kier molecular flexibility index (Phi) is 3.54. The molecule has 0 amide bonds. The average Bonchev–Trinajstić information content (AvgIpc) is 2.30. The van der Waals surface area contributed by atoms with E-state index in [0.717, 1.165) is 21.4 Å². The predicted molar refractivity (Wildman–Crippen MR) is 77.7 cm³/mol. The quantitative estimate of drug-likeness (QED) is 0.826. The van der Waals surface area contributed by atoms with Gasteiger partial charge in [-0.1, -0.05) is 15.9 Å². The number of nitrogens with one attached hydrogen (secondary N) is 1. The predicted octanol–water partition coefficient (Wildman–Crippen LogP) is 3.96. The molecular weight excluding hydrogens is 290 g/mol. The van der Waals surface area contributed by atoms with Gasteiger partial charge in [-0.25, -0.2) is 0 Å². The Morgan fingerprint density at radius 2 is 2.00 bits per heavy atom. The van der Waals surface area contributed by atoms with Crippen LogP contribution in [0.3, 0.4) is 0 Å². The van der Waals surface area contributed by atoms with Crippen molar-refractivity contribution in [1.29, 1.82) is 5.26 Å². The van der Waals surface area contributed by atoms with Crippen molar-refractivity contribution < 1.29 is 0 Å². The molecule has 0 heterocycles. The highest BCUT2D eigenvalue weighted by molar-refractivity contribution is 9.10. The van der Waals surface area contributed by atoms with Crippen LogP contribution in [0.15, 0.2) is 40.9 Å². The van der Waals surface area contributed by atoms with Crippen molar-refractivity contribution in [3.8, 4) is 6.07 Å². The van der Waals surface area contributed by atoms with Crippen LogP contribution >= 0.6 is 15.9 Å². The van der Waals surface area contributed by atoms with Crippen LogP contribution in [0, 0.1) is 18.3 Å². The molecule has 2 rings (SSSR count). The maximum Gasteiger partial charge on any atom is 0.101 e. The molecule has 0 aliphatic carbocycles. The Bertz CT molecular complexity index is 609. The summed E-state index contributed by atoms with van der Waals surface area (Å²) in [4.78, 5) is 0. The van der Waals surface area contributed by atoms with Crippen molar-refractivity contribution in [3.63, 3.8) is 0 Å². The minimum absolute atomic E-state index is 0.587. The van der Waals surface area contributed by atoms with E-state index in [0.29, 0.717) is 11.3 Å².